The minimum absolute atomic E-state index is 0.0561. The first-order chi connectivity index (χ1) is 15.5. The normalized spacial score (nSPS) is 13.9. The number of esters is 2. The molecule has 0 unspecified atom stereocenters. The van der Waals surface area contributed by atoms with Gasteiger partial charge in [-0.3, -0.25) is 4.72 Å². The van der Waals surface area contributed by atoms with Crippen LogP contribution in [0.5, 0.6) is 0 Å². The molecule has 8 heteroatoms. The fraction of sp³-hybridized carbons (Fsp3) is 0.360. The standard InChI is InChI=1S/C25H29NO6S/c1-25(2,3)32-21(27)15-14-18-16-17-10-8-9-13-20(17)22(24(28)31-4)23(18)26-33(29,30)19-11-6-5-7-12-19/h5-7,11-12,14-16,26H,8-10,13H2,1-4H3/b15-14+. The van der Waals surface area contributed by atoms with Gasteiger partial charge >= 0.3 is 11.9 Å². The first-order valence-corrected chi connectivity index (χ1v) is 12.3. The molecule has 176 valence electrons. The Morgan fingerprint density at radius 1 is 1.06 bits per heavy atom. The summed E-state index contributed by atoms with van der Waals surface area (Å²) in [5, 5.41) is 0. The van der Waals surface area contributed by atoms with Gasteiger partial charge in [0.1, 0.15) is 5.60 Å². The van der Waals surface area contributed by atoms with Crippen LogP contribution in [0.3, 0.4) is 0 Å². The zero-order chi connectivity index (χ0) is 24.2. The van der Waals surface area contributed by atoms with Crippen LogP contribution in [-0.4, -0.2) is 33.1 Å². The van der Waals surface area contributed by atoms with E-state index in [1.54, 1.807) is 39.0 Å². The third-order valence-electron chi connectivity index (χ3n) is 5.17. The van der Waals surface area contributed by atoms with E-state index in [4.69, 9.17) is 9.47 Å². The van der Waals surface area contributed by atoms with Crippen LogP contribution in [-0.2, 0) is 37.1 Å². The molecule has 2 aromatic rings. The molecule has 0 amide bonds. The molecule has 0 saturated carbocycles. The van der Waals surface area contributed by atoms with Gasteiger partial charge in [0, 0.05) is 11.6 Å². The molecule has 0 atom stereocenters. The Kier molecular flexibility index (Phi) is 7.27. The van der Waals surface area contributed by atoms with Gasteiger partial charge in [-0.1, -0.05) is 18.2 Å². The van der Waals surface area contributed by atoms with Gasteiger partial charge in [-0.25, -0.2) is 18.0 Å². The van der Waals surface area contributed by atoms with E-state index >= 15 is 0 Å². The summed E-state index contributed by atoms with van der Waals surface area (Å²) in [6.07, 6.45) is 5.93. The van der Waals surface area contributed by atoms with Crippen molar-refractivity contribution in [3.8, 4) is 0 Å². The highest BCUT2D eigenvalue weighted by atomic mass is 32.2. The highest BCUT2D eigenvalue weighted by molar-refractivity contribution is 7.92. The number of fused-ring (bicyclic) bond motifs is 1. The van der Waals surface area contributed by atoms with E-state index in [0.717, 1.165) is 30.4 Å². The van der Waals surface area contributed by atoms with Crippen LogP contribution in [0.15, 0.2) is 47.4 Å². The zero-order valence-corrected chi connectivity index (χ0v) is 20.1. The van der Waals surface area contributed by atoms with Gasteiger partial charge in [-0.15, -0.1) is 0 Å². The lowest BCUT2D eigenvalue weighted by Crippen LogP contribution is -2.22. The maximum Gasteiger partial charge on any atom is 0.340 e. The number of anilines is 1. The number of carbonyl (C=O) groups is 2. The highest BCUT2D eigenvalue weighted by Gasteiger charge is 2.28. The Balaban J connectivity index is 2.17. The van der Waals surface area contributed by atoms with Gasteiger partial charge in [0.25, 0.3) is 10.0 Å². The first kappa shape index (κ1) is 24.5. The number of rotatable bonds is 6. The Morgan fingerprint density at radius 2 is 1.73 bits per heavy atom. The van der Waals surface area contributed by atoms with E-state index < -0.39 is 27.6 Å². The van der Waals surface area contributed by atoms with E-state index in [1.165, 1.54) is 31.4 Å². The smallest absolute Gasteiger partial charge is 0.340 e. The van der Waals surface area contributed by atoms with Gasteiger partial charge in [-0.2, -0.15) is 0 Å². The summed E-state index contributed by atoms with van der Waals surface area (Å²) in [5.41, 5.74) is 1.69. The molecule has 33 heavy (non-hydrogen) atoms. The number of benzene rings is 2. The number of aryl methyl sites for hydroxylation is 1. The average Bonchev–Trinajstić information content (AvgIpc) is 2.76. The van der Waals surface area contributed by atoms with E-state index in [9.17, 15) is 18.0 Å². The maximum atomic E-state index is 13.1. The lowest BCUT2D eigenvalue weighted by Gasteiger charge is -2.24. The molecule has 0 fully saturated rings. The monoisotopic (exact) mass is 471 g/mol. The molecule has 0 aliphatic heterocycles. The largest absolute Gasteiger partial charge is 0.465 e. The van der Waals surface area contributed by atoms with Crippen LogP contribution in [0.4, 0.5) is 5.69 Å². The van der Waals surface area contributed by atoms with Gasteiger partial charge < -0.3 is 9.47 Å². The summed E-state index contributed by atoms with van der Waals surface area (Å²) in [6, 6.07) is 9.71. The number of carbonyl (C=O) groups excluding carboxylic acids is 2. The van der Waals surface area contributed by atoms with Gasteiger partial charge in [0.15, 0.2) is 0 Å². The Labute approximate surface area is 194 Å². The molecule has 1 aliphatic rings. The lowest BCUT2D eigenvalue weighted by atomic mass is 9.85. The van der Waals surface area contributed by atoms with Crippen molar-refractivity contribution in [3.05, 3.63) is 64.7 Å². The summed E-state index contributed by atoms with van der Waals surface area (Å²) in [4.78, 5) is 25.2. The van der Waals surface area contributed by atoms with Crippen molar-refractivity contribution in [1.29, 1.82) is 0 Å². The second kappa shape index (κ2) is 9.79. The summed E-state index contributed by atoms with van der Waals surface area (Å²) in [7, 11) is -2.74. The van der Waals surface area contributed by atoms with Crippen molar-refractivity contribution in [3.63, 3.8) is 0 Å². The van der Waals surface area contributed by atoms with Crippen LogP contribution in [0.25, 0.3) is 6.08 Å². The van der Waals surface area contributed by atoms with Crippen molar-refractivity contribution < 1.29 is 27.5 Å². The minimum atomic E-state index is -4.00. The molecule has 0 aromatic heterocycles. The van der Waals surface area contributed by atoms with Gasteiger partial charge in [0.2, 0.25) is 0 Å². The van der Waals surface area contributed by atoms with Crippen molar-refractivity contribution in [2.24, 2.45) is 0 Å². The predicted octanol–water partition coefficient (Wildman–Crippen LogP) is 4.51. The second-order valence-electron chi connectivity index (χ2n) is 8.84. The Bertz CT molecular complexity index is 1180. The fourth-order valence-electron chi connectivity index (χ4n) is 3.78. The second-order valence-corrected chi connectivity index (χ2v) is 10.5. The lowest BCUT2D eigenvalue weighted by molar-refractivity contribution is -0.148. The fourth-order valence-corrected chi connectivity index (χ4v) is 4.91. The van der Waals surface area contributed by atoms with Crippen molar-refractivity contribution in [1.82, 2.24) is 0 Å². The molecule has 0 bridgehead atoms. The molecule has 3 rings (SSSR count). The molecular formula is C25H29NO6S. The van der Waals surface area contributed by atoms with E-state index in [-0.39, 0.29) is 16.1 Å². The number of methoxy groups -OCH3 is 1. The SMILES string of the molecule is COC(=O)c1c2c(cc(/C=C/C(=O)OC(C)(C)C)c1NS(=O)(=O)c1ccccc1)CCCC2. The molecule has 7 nitrogen and oxygen atoms in total. The highest BCUT2D eigenvalue weighted by Crippen LogP contribution is 2.35. The average molecular weight is 472 g/mol. The number of ether oxygens (including phenoxy) is 2. The summed E-state index contributed by atoms with van der Waals surface area (Å²) in [6.45, 7) is 5.27. The van der Waals surface area contributed by atoms with E-state index in [0.29, 0.717) is 12.0 Å². The predicted molar refractivity (Wildman–Crippen MR) is 127 cm³/mol. The zero-order valence-electron chi connectivity index (χ0n) is 19.3. The molecule has 2 aromatic carbocycles. The maximum absolute atomic E-state index is 13.1. The topological polar surface area (TPSA) is 98.8 Å². The molecule has 0 heterocycles. The molecule has 1 aliphatic carbocycles. The van der Waals surface area contributed by atoms with Crippen LogP contribution in [0.1, 0.15) is 60.7 Å². The number of sulfonamides is 1. The summed E-state index contributed by atoms with van der Waals surface area (Å²) < 4.78 is 39.2. The van der Waals surface area contributed by atoms with Crippen LogP contribution in [0, 0.1) is 0 Å². The van der Waals surface area contributed by atoms with Crippen molar-refractivity contribution in [2.45, 2.75) is 57.0 Å². The molecule has 0 saturated heterocycles. The van der Waals surface area contributed by atoms with Crippen LogP contribution >= 0.6 is 0 Å². The van der Waals surface area contributed by atoms with Gasteiger partial charge in [-0.05, 0) is 81.9 Å². The molecule has 0 radical (unpaired) electrons. The number of hydrogen-bond acceptors (Lipinski definition) is 6. The summed E-state index contributed by atoms with van der Waals surface area (Å²) in [5.74, 6) is -1.21. The molecule has 0 spiro atoms. The quantitative estimate of drug-likeness (QED) is 0.492. The Morgan fingerprint density at radius 3 is 2.36 bits per heavy atom. The van der Waals surface area contributed by atoms with E-state index in [1.807, 2.05) is 6.07 Å². The molecule has 1 N–H and O–H groups in total. The minimum Gasteiger partial charge on any atom is -0.465 e. The number of nitrogens with one attached hydrogen (secondary N) is 1. The summed E-state index contributed by atoms with van der Waals surface area (Å²) >= 11 is 0. The van der Waals surface area contributed by atoms with Crippen LogP contribution in [0.2, 0.25) is 0 Å². The van der Waals surface area contributed by atoms with Crippen LogP contribution < -0.4 is 4.72 Å². The first-order valence-electron chi connectivity index (χ1n) is 10.8. The van der Waals surface area contributed by atoms with Crippen molar-refractivity contribution in [2.75, 3.05) is 11.8 Å². The third kappa shape index (κ3) is 6.01. The van der Waals surface area contributed by atoms with Gasteiger partial charge in [0.05, 0.1) is 23.3 Å². The van der Waals surface area contributed by atoms with Crippen molar-refractivity contribution >= 4 is 33.7 Å². The number of hydrogen-bond donors (Lipinski definition) is 1. The molecular weight excluding hydrogens is 442 g/mol. The Hall–Kier alpha value is -3.13. The van der Waals surface area contributed by atoms with E-state index in [2.05, 4.69) is 4.72 Å². The third-order valence-corrected chi connectivity index (χ3v) is 6.53.